The van der Waals surface area contributed by atoms with Gasteiger partial charge in [-0.3, -0.25) is 14.9 Å². The Labute approximate surface area is 155 Å². The lowest BCUT2D eigenvalue weighted by Crippen LogP contribution is -2.38. The van der Waals surface area contributed by atoms with Crippen molar-refractivity contribution in [1.82, 2.24) is 9.97 Å². The molecule has 2 saturated heterocycles. The van der Waals surface area contributed by atoms with Crippen molar-refractivity contribution < 1.29 is 14.4 Å². The van der Waals surface area contributed by atoms with Crippen molar-refractivity contribution in [3.63, 3.8) is 0 Å². The zero-order valence-electron chi connectivity index (χ0n) is 14.9. The van der Waals surface area contributed by atoms with E-state index in [4.69, 9.17) is 9.47 Å². The molecule has 144 valence electrons. The molecule has 1 N–H and O–H groups in total. The molecule has 2 aliphatic rings. The van der Waals surface area contributed by atoms with Gasteiger partial charge in [0.1, 0.15) is 5.69 Å². The summed E-state index contributed by atoms with van der Waals surface area (Å²) in [5.41, 5.74) is 0.522. The van der Waals surface area contributed by atoms with E-state index in [9.17, 15) is 14.9 Å². The van der Waals surface area contributed by atoms with Gasteiger partial charge in [-0.25, -0.2) is 4.98 Å². The van der Waals surface area contributed by atoms with Crippen LogP contribution in [0.25, 0.3) is 10.9 Å². The summed E-state index contributed by atoms with van der Waals surface area (Å²) >= 11 is 0. The van der Waals surface area contributed by atoms with E-state index >= 15 is 0 Å². The van der Waals surface area contributed by atoms with Gasteiger partial charge in [0.15, 0.2) is 0 Å². The highest BCUT2D eigenvalue weighted by atomic mass is 16.6. The molecule has 0 aliphatic carbocycles. The summed E-state index contributed by atoms with van der Waals surface area (Å²) in [5, 5.41) is 11.8. The van der Waals surface area contributed by atoms with Crippen molar-refractivity contribution in [2.45, 2.75) is 25.4 Å². The molecule has 1 atom stereocenters. The number of nitro benzene ring substituents is 1. The topological polar surface area (TPSA) is 111 Å². The van der Waals surface area contributed by atoms with Crippen LogP contribution in [0.1, 0.15) is 19.3 Å². The van der Waals surface area contributed by atoms with Gasteiger partial charge in [0.05, 0.1) is 41.5 Å². The molecule has 0 saturated carbocycles. The van der Waals surface area contributed by atoms with E-state index in [0.29, 0.717) is 36.8 Å². The SMILES string of the molecule is O=c1[nH]cnc2cc(N3CCC(OCC4CCOC4)CC3)c([N+](=O)[O-])cc12. The first-order valence-electron chi connectivity index (χ1n) is 9.22. The third kappa shape index (κ3) is 3.79. The van der Waals surface area contributed by atoms with Crippen LogP contribution in [0, 0.1) is 16.0 Å². The Balaban J connectivity index is 1.48. The average molecular weight is 374 g/mol. The molecule has 3 heterocycles. The van der Waals surface area contributed by atoms with E-state index in [2.05, 4.69) is 9.97 Å². The second-order valence-corrected chi connectivity index (χ2v) is 7.10. The van der Waals surface area contributed by atoms with Gasteiger partial charge in [0, 0.05) is 31.7 Å². The van der Waals surface area contributed by atoms with E-state index < -0.39 is 4.92 Å². The smallest absolute Gasteiger partial charge is 0.293 e. The lowest BCUT2D eigenvalue weighted by atomic mass is 10.0. The van der Waals surface area contributed by atoms with Crippen LogP contribution in [0.3, 0.4) is 0 Å². The average Bonchev–Trinajstić information content (AvgIpc) is 3.20. The predicted molar refractivity (Wildman–Crippen MR) is 99.1 cm³/mol. The minimum Gasteiger partial charge on any atom is -0.381 e. The predicted octanol–water partition coefficient (Wildman–Crippen LogP) is 1.85. The first-order valence-corrected chi connectivity index (χ1v) is 9.22. The number of nitrogens with one attached hydrogen (secondary N) is 1. The molecule has 0 radical (unpaired) electrons. The molecule has 0 spiro atoms. The van der Waals surface area contributed by atoms with Crippen molar-refractivity contribution >= 4 is 22.3 Å². The van der Waals surface area contributed by atoms with Crippen LogP contribution in [0.2, 0.25) is 0 Å². The summed E-state index contributed by atoms with van der Waals surface area (Å²) in [6.07, 6.45) is 4.15. The van der Waals surface area contributed by atoms with Crippen LogP contribution < -0.4 is 10.5 Å². The number of hydrogen-bond acceptors (Lipinski definition) is 7. The molecule has 2 aliphatic heterocycles. The van der Waals surface area contributed by atoms with Gasteiger partial charge in [0.25, 0.3) is 11.2 Å². The van der Waals surface area contributed by atoms with Gasteiger partial charge in [-0.05, 0) is 25.3 Å². The van der Waals surface area contributed by atoms with E-state index in [0.717, 1.165) is 32.5 Å². The first kappa shape index (κ1) is 17.9. The van der Waals surface area contributed by atoms with Crippen LogP contribution in [-0.4, -0.2) is 53.9 Å². The number of anilines is 1. The number of piperidine rings is 1. The largest absolute Gasteiger partial charge is 0.381 e. The van der Waals surface area contributed by atoms with E-state index in [1.165, 1.54) is 12.4 Å². The fraction of sp³-hybridized carbons (Fsp3) is 0.556. The highest BCUT2D eigenvalue weighted by molar-refractivity contribution is 5.87. The Hall–Kier alpha value is -2.52. The van der Waals surface area contributed by atoms with Crippen LogP contribution in [-0.2, 0) is 9.47 Å². The quantitative estimate of drug-likeness (QED) is 0.628. The molecule has 9 nitrogen and oxygen atoms in total. The van der Waals surface area contributed by atoms with Crippen molar-refractivity contribution in [1.29, 1.82) is 0 Å². The highest BCUT2D eigenvalue weighted by Gasteiger charge is 2.27. The number of benzene rings is 1. The molecule has 2 aromatic rings. The van der Waals surface area contributed by atoms with Crippen molar-refractivity contribution in [2.75, 3.05) is 37.8 Å². The molecule has 1 aromatic carbocycles. The van der Waals surface area contributed by atoms with Crippen LogP contribution >= 0.6 is 0 Å². The maximum atomic E-state index is 11.9. The van der Waals surface area contributed by atoms with Crippen molar-refractivity contribution in [3.8, 4) is 0 Å². The molecule has 2 fully saturated rings. The zero-order valence-corrected chi connectivity index (χ0v) is 14.9. The standard InChI is InChI=1S/C18H22N4O5/c23-18-14-7-17(22(24)25)16(8-15(14)19-11-20-18)21-4-1-13(2-5-21)27-10-12-3-6-26-9-12/h7-8,11-13H,1-6,9-10H2,(H,19,20,23). The summed E-state index contributed by atoms with van der Waals surface area (Å²) < 4.78 is 11.4. The Morgan fingerprint density at radius 1 is 1.33 bits per heavy atom. The monoisotopic (exact) mass is 374 g/mol. The summed E-state index contributed by atoms with van der Waals surface area (Å²) in [5.74, 6) is 0.480. The number of rotatable bonds is 5. The minimum absolute atomic E-state index is 0.0662. The molecular formula is C18H22N4O5. The van der Waals surface area contributed by atoms with Crippen LogP contribution in [0.5, 0.6) is 0 Å². The van der Waals surface area contributed by atoms with Gasteiger partial charge in [-0.2, -0.15) is 0 Å². The van der Waals surface area contributed by atoms with E-state index in [1.807, 2.05) is 4.90 Å². The summed E-state index contributed by atoms with van der Waals surface area (Å²) in [7, 11) is 0. The zero-order chi connectivity index (χ0) is 18.8. The fourth-order valence-corrected chi connectivity index (χ4v) is 3.74. The third-order valence-electron chi connectivity index (χ3n) is 5.31. The van der Waals surface area contributed by atoms with Crippen LogP contribution in [0.15, 0.2) is 23.3 Å². The number of H-pyrrole nitrogens is 1. The Morgan fingerprint density at radius 3 is 2.85 bits per heavy atom. The number of aromatic amines is 1. The molecule has 27 heavy (non-hydrogen) atoms. The van der Waals surface area contributed by atoms with Crippen LogP contribution in [0.4, 0.5) is 11.4 Å². The van der Waals surface area contributed by atoms with E-state index in [1.54, 1.807) is 6.07 Å². The number of nitrogens with zero attached hydrogens (tertiary/aromatic N) is 3. The number of ether oxygens (including phenoxy) is 2. The van der Waals surface area contributed by atoms with Gasteiger partial charge in [0.2, 0.25) is 0 Å². The fourth-order valence-electron chi connectivity index (χ4n) is 3.74. The second-order valence-electron chi connectivity index (χ2n) is 7.10. The lowest BCUT2D eigenvalue weighted by Gasteiger charge is -2.33. The minimum atomic E-state index is -0.441. The Kier molecular flexibility index (Phi) is 5.04. The number of fused-ring (bicyclic) bond motifs is 1. The van der Waals surface area contributed by atoms with Crippen molar-refractivity contribution in [3.05, 3.63) is 38.9 Å². The molecule has 9 heteroatoms. The number of hydrogen-bond donors (Lipinski definition) is 1. The van der Waals surface area contributed by atoms with E-state index in [-0.39, 0.29) is 22.7 Å². The van der Waals surface area contributed by atoms with Gasteiger partial charge in [-0.1, -0.05) is 0 Å². The summed E-state index contributed by atoms with van der Waals surface area (Å²) in [4.78, 5) is 31.6. The molecule has 1 unspecified atom stereocenters. The first-order chi connectivity index (χ1) is 13.1. The normalized spacial score (nSPS) is 21.0. The van der Waals surface area contributed by atoms with Gasteiger partial charge >= 0.3 is 0 Å². The Bertz CT molecular complexity index is 885. The molecule has 4 rings (SSSR count). The van der Waals surface area contributed by atoms with Gasteiger partial charge in [-0.15, -0.1) is 0 Å². The summed E-state index contributed by atoms with van der Waals surface area (Å²) in [6, 6.07) is 2.96. The molecular weight excluding hydrogens is 352 g/mol. The molecule has 0 amide bonds. The molecule has 0 bridgehead atoms. The maximum Gasteiger partial charge on any atom is 0.293 e. The van der Waals surface area contributed by atoms with Crippen molar-refractivity contribution in [2.24, 2.45) is 5.92 Å². The summed E-state index contributed by atoms with van der Waals surface area (Å²) in [6.45, 7) is 3.64. The highest BCUT2D eigenvalue weighted by Crippen LogP contribution is 2.33. The third-order valence-corrected chi connectivity index (χ3v) is 5.31. The second kappa shape index (κ2) is 7.61. The molecule has 1 aromatic heterocycles. The van der Waals surface area contributed by atoms with Gasteiger partial charge < -0.3 is 19.4 Å². The lowest BCUT2D eigenvalue weighted by molar-refractivity contribution is -0.384. The number of aromatic nitrogens is 2. The number of nitro groups is 1. The Morgan fingerprint density at radius 2 is 2.15 bits per heavy atom. The maximum absolute atomic E-state index is 11.9.